The van der Waals surface area contributed by atoms with Gasteiger partial charge in [-0.1, -0.05) is 75.3 Å². The summed E-state index contributed by atoms with van der Waals surface area (Å²) in [6, 6.07) is 8.03. The second-order valence-corrected chi connectivity index (χ2v) is 5.58. The maximum absolute atomic E-state index is 11.6. The van der Waals surface area contributed by atoms with Crippen LogP contribution in [-0.4, -0.2) is 12.1 Å². The molecule has 0 atom stereocenters. The van der Waals surface area contributed by atoms with Crippen LogP contribution in [0.1, 0.15) is 69.4 Å². The van der Waals surface area contributed by atoms with Gasteiger partial charge in [-0.25, -0.2) is 5.43 Å². The molecule has 0 radical (unpaired) electrons. The topological polar surface area (TPSA) is 41.5 Å². The third-order valence-electron chi connectivity index (χ3n) is 3.49. The normalized spacial score (nSPS) is 11.0. The highest BCUT2D eigenvalue weighted by atomic mass is 16.2. The Morgan fingerprint density at radius 2 is 1.67 bits per heavy atom. The van der Waals surface area contributed by atoms with Gasteiger partial charge in [0, 0.05) is 6.42 Å². The molecule has 21 heavy (non-hydrogen) atoms. The molecule has 3 heteroatoms. The molecular weight excluding hydrogens is 260 g/mol. The minimum absolute atomic E-state index is 0.00641. The van der Waals surface area contributed by atoms with E-state index in [0.717, 1.165) is 18.4 Å². The largest absolute Gasteiger partial charge is 0.273 e. The van der Waals surface area contributed by atoms with Gasteiger partial charge in [0.15, 0.2) is 0 Å². The van der Waals surface area contributed by atoms with E-state index >= 15 is 0 Å². The highest BCUT2D eigenvalue weighted by Crippen LogP contribution is 2.08. The van der Waals surface area contributed by atoms with E-state index in [9.17, 15) is 4.79 Å². The van der Waals surface area contributed by atoms with Crippen LogP contribution < -0.4 is 5.43 Å². The van der Waals surface area contributed by atoms with Crippen molar-refractivity contribution in [3.05, 3.63) is 35.4 Å². The first-order chi connectivity index (χ1) is 10.2. The summed E-state index contributed by atoms with van der Waals surface area (Å²) in [5.74, 6) is 0.00641. The number of hydrazone groups is 1. The molecule has 1 rings (SSSR count). The van der Waals surface area contributed by atoms with Gasteiger partial charge in [-0.15, -0.1) is 0 Å². The van der Waals surface area contributed by atoms with E-state index in [1.54, 1.807) is 6.21 Å². The third kappa shape index (κ3) is 9.01. The van der Waals surface area contributed by atoms with Gasteiger partial charge in [0.1, 0.15) is 0 Å². The molecule has 0 saturated heterocycles. The lowest BCUT2D eigenvalue weighted by molar-refractivity contribution is -0.121. The van der Waals surface area contributed by atoms with E-state index in [4.69, 9.17) is 0 Å². The first-order valence-electron chi connectivity index (χ1n) is 8.11. The van der Waals surface area contributed by atoms with Crippen molar-refractivity contribution in [1.29, 1.82) is 0 Å². The van der Waals surface area contributed by atoms with E-state index in [1.165, 1.54) is 37.7 Å². The molecule has 116 valence electrons. The van der Waals surface area contributed by atoms with Crippen molar-refractivity contribution in [3.63, 3.8) is 0 Å². The summed E-state index contributed by atoms with van der Waals surface area (Å²) in [4.78, 5) is 11.6. The van der Waals surface area contributed by atoms with Crippen molar-refractivity contribution in [2.45, 2.75) is 65.2 Å². The molecule has 0 spiro atoms. The van der Waals surface area contributed by atoms with Crippen molar-refractivity contribution in [2.24, 2.45) is 5.10 Å². The number of unbranched alkanes of at least 4 members (excludes halogenated alkanes) is 6. The van der Waals surface area contributed by atoms with E-state index in [1.807, 2.05) is 31.2 Å². The number of aryl methyl sites for hydroxylation is 1. The Morgan fingerprint density at radius 1 is 1.05 bits per heavy atom. The van der Waals surface area contributed by atoms with Gasteiger partial charge >= 0.3 is 0 Å². The Labute approximate surface area is 128 Å². The second kappa shape index (κ2) is 11.1. The molecule has 0 aliphatic rings. The minimum atomic E-state index is 0.00641. The minimum Gasteiger partial charge on any atom is -0.273 e. The molecule has 3 nitrogen and oxygen atoms in total. The summed E-state index contributed by atoms with van der Waals surface area (Å²) in [7, 11) is 0. The Balaban J connectivity index is 2.07. The number of rotatable bonds is 10. The predicted molar refractivity (Wildman–Crippen MR) is 89.5 cm³/mol. The number of hydrogen-bond acceptors (Lipinski definition) is 2. The summed E-state index contributed by atoms with van der Waals surface area (Å²) in [6.07, 6.45) is 10.8. The van der Waals surface area contributed by atoms with Crippen molar-refractivity contribution < 1.29 is 4.79 Å². The molecule has 0 fully saturated rings. The molecule has 1 aromatic carbocycles. The fourth-order valence-electron chi connectivity index (χ4n) is 2.13. The van der Waals surface area contributed by atoms with Crippen LogP contribution in [0.15, 0.2) is 29.4 Å². The average Bonchev–Trinajstić information content (AvgIpc) is 2.48. The first-order valence-corrected chi connectivity index (χ1v) is 8.11. The molecule has 0 heterocycles. The van der Waals surface area contributed by atoms with Gasteiger partial charge in [0.05, 0.1) is 6.21 Å². The second-order valence-electron chi connectivity index (χ2n) is 5.58. The van der Waals surface area contributed by atoms with Gasteiger partial charge in [-0.05, 0) is 18.9 Å². The van der Waals surface area contributed by atoms with Crippen molar-refractivity contribution in [1.82, 2.24) is 5.43 Å². The predicted octanol–water partition coefficient (Wildman–Crippen LogP) is 4.59. The van der Waals surface area contributed by atoms with Crippen LogP contribution in [0.25, 0.3) is 0 Å². The summed E-state index contributed by atoms with van der Waals surface area (Å²) in [5.41, 5.74) is 4.80. The van der Waals surface area contributed by atoms with Crippen LogP contribution in [-0.2, 0) is 4.79 Å². The molecule has 1 amide bonds. The Kier molecular flexibility index (Phi) is 9.18. The summed E-state index contributed by atoms with van der Waals surface area (Å²) in [6.45, 7) is 4.27. The summed E-state index contributed by atoms with van der Waals surface area (Å²) >= 11 is 0. The zero-order chi connectivity index (χ0) is 15.3. The number of carbonyl (C=O) groups is 1. The van der Waals surface area contributed by atoms with Crippen LogP contribution in [0.4, 0.5) is 0 Å². The molecule has 0 aliphatic heterocycles. The van der Waals surface area contributed by atoms with Crippen LogP contribution in [0.2, 0.25) is 0 Å². The molecule has 0 aromatic heterocycles. The maximum atomic E-state index is 11.6. The third-order valence-corrected chi connectivity index (χ3v) is 3.49. The lowest BCUT2D eigenvalue weighted by atomic mass is 10.1. The van der Waals surface area contributed by atoms with Gasteiger partial charge < -0.3 is 0 Å². The smallest absolute Gasteiger partial charge is 0.240 e. The molecular formula is C18H28N2O. The first kappa shape index (κ1) is 17.4. The molecule has 0 unspecified atom stereocenters. The zero-order valence-electron chi connectivity index (χ0n) is 13.4. The monoisotopic (exact) mass is 288 g/mol. The Morgan fingerprint density at radius 3 is 2.33 bits per heavy atom. The van der Waals surface area contributed by atoms with E-state index in [2.05, 4.69) is 17.5 Å². The van der Waals surface area contributed by atoms with E-state index in [0.29, 0.717) is 6.42 Å². The Bertz CT molecular complexity index is 423. The van der Waals surface area contributed by atoms with Crippen LogP contribution in [0, 0.1) is 6.92 Å². The number of nitrogens with one attached hydrogen (secondary N) is 1. The molecule has 0 bridgehead atoms. The SMILES string of the molecule is CCCCCCCCCC(=O)NN=Cc1ccc(C)cc1. The number of benzene rings is 1. The Hall–Kier alpha value is -1.64. The lowest BCUT2D eigenvalue weighted by Gasteiger charge is -2.01. The molecule has 1 aromatic rings. The molecule has 1 N–H and O–H groups in total. The van der Waals surface area contributed by atoms with E-state index in [-0.39, 0.29) is 5.91 Å². The molecule has 0 saturated carbocycles. The van der Waals surface area contributed by atoms with Crippen molar-refractivity contribution in [3.8, 4) is 0 Å². The highest BCUT2D eigenvalue weighted by Gasteiger charge is 1.99. The van der Waals surface area contributed by atoms with Crippen molar-refractivity contribution >= 4 is 12.1 Å². The quantitative estimate of drug-likeness (QED) is 0.382. The average molecular weight is 288 g/mol. The number of nitrogens with zero attached hydrogens (tertiary/aromatic N) is 1. The standard InChI is InChI=1S/C18H28N2O/c1-3-4-5-6-7-8-9-10-18(21)20-19-15-17-13-11-16(2)12-14-17/h11-15H,3-10H2,1-2H3,(H,20,21). The van der Waals surface area contributed by atoms with Gasteiger partial charge in [0.2, 0.25) is 5.91 Å². The summed E-state index contributed by atoms with van der Waals surface area (Å²) < 4.78 is 0. The number of carbonyl (C=O) groups excluding carboxylic acids is 1. The van der Waals surface area contributed by atoms with Crippen LogP contribution in [0.5, 0.6) is 0 Å². The summed E-state index contributed by atoms with van der Waals surface area (Å²) in [5, 5.41) is 3.99. The fraction of sp³-hybridized carbons (Fsp3) is 0.556. The lowest BCUT2D eigenvalue weighted by Crippen LogP contribution is -2.16. The van der Waals surface area contributed by atoms with Gasteiger partial charge in [-0.2, -0.15) is 5.10 Å². The van der Waals surface area contributed by atoms with Crippen molar-refractivity contribution in [2.75, 3.05) is 0 Å². The number of amides is 1. The molecule has 0 aliphatic carbocycles. The van der Waals surface area contributed by atoms with Crippen LogP contribution >= 0.6 is 0 Å². The van der Waals surface area contributed by atoms with E-state index < -0.39 is 0 Å². The fourth-order valence-corrected chi connectivity index (χ4v) is 2.13. The zero-order valence-corrected chi connectivity index (χ0v) is 13.4. The number of hydrogen-bond donors (Lipinski definition) is 1. The van der Waals surface area contributed by atoms with Gasteiger partial charge in [0.25, 0.3) is 0 Å². The highest BCUT2D eigenvalue weighted by molar-refractivity contribution is 5.82. The van der Waals surface area contributed by atoms with Crippen LogP contribution in [0.3, 0.4) is 0 Å². The van der Waals surface area contributed by atoms with Gasteiger partial charge in [-0.3, -0.25) is 4.79 Å². The maximum Gasteiger partial charge on any atom is 0.240 e.